The molecule has 0 aliphatic carbocycles. The van der Waals surface area contributed by atoms with Gasteiger partial charge in [0.25, 0.3) is 0 Å². The van der Waals surface area contributed by atoms with E-state index in [1.807, 2.05) is 23.7 Å². The molecule has 3 rings (SSSR count). The predicted molar refractivity (Wildman–Crippen MR) is 85.5 cm³/mol. The van der Waals surface area contributed by atoms with Gasteiger partial charge in [0.1, 0.15) is 11.3 Å². The summed E-state index contributed by atoms with van der Waals surface area (Å²) in [5, 5.41) is 3.39. The van der Waals surface area contributed by atoms with E-state index < -0.39 is 0 Å². The van der Waals surface area contributed by atoms with Gasteiger partial charge in [-0.25, -0.2) is 9.97 Å². The number of rotatable bonds is 4. The second-order valence-corrected chi connectivity index (χ2v) is 5.09. The van der Waals surface area contributed by atoms with Crippen LogP contribution in [-0.4, -0.2) is 14.5 Å². The first-order chi connectivity index (χ1) is 10.2. The van der Waals surface area contributed by atoms with Crippen molar-refractivity contribution in [2.75, 3.05) is 5.32 Å². The van der Waals surface area contributed by atoms with E-state index in [0.29, 0.717) is 6.54 Å². The number of benzene rings is 1. The highest BCUT2D eigenvalue weighted by atomic mass is 15.0. The molecule has 0 bridgehead atoms. The minimum Gasteiger partial charge on any atom is -0.340 e. The summed E-state index contributed by atoms with van der Waals surface area (Å²) < 4.78 is 1.99. The zero-order valence-electron chi connectivity index (χ0n) is 12.3. The number of pyridine rings is 1. The van der Waals surface area contributed by atoms with E-state index >= 15 is 0 Å². The number of aromatic nitrogens is 3. The molecule has 0 saturated heterocycles. The first kappa shape index (κ1) is 13.6. The Morgan fingerprint density at radius 1 is 1.24 bits per heavy atom. The normalized spacial score (nSPS) is 11.0. The van der Waals surface area contributed by atoms with Crippen molar-refractivity contribution >= 4 is 22.5 Å². The van der Waals surface area contributed by atoms with Crippen LogP contribution in [-0.2, 0) is 20.0 Å². The lowest BCUT2D eigenvalue weighted by Gasteiger charge is -2.12. The number of hydrogen-bond donors (Lipinski definition) is 2. The summed E-state index contributed by atoms with van der Waals surface area (Å²) in [6, 6.07) is 8.27. The van der Waals surface area contributed by atoms with Crippen LogP contribution in [0, 0.1) is 0 Å². The van der Waals surface area contributed by atoms with Crippen molar-refractivity contribution in [1.29, 1.82) is 0 Å². The lowest BCUT2D eigenvalue weighted by Crippen LogP contribution is -2.01. The zero-order chi connectivity index (χ0) is 14.8. The predicted octanol–water partition coefficient (Wildman–Crippen LogP) is 2.73. The Morgan fingerprint density at radius 3 is 2.86 bits per heavy atom. The van der Waals surface area contributed by atoms with Gasteiger partial charge in [0.05, 0.1) is 18.0 Å². The minimum atomic E-state index is 0.562. The first-order valence-electron chi connectivity index (χ1n) is 7.07. The van der Waals surface area contributed by atoms with Crippen LogP contribution in [0.25, 0.3) is 11.0 Å². The second kappa shape index (κ2) is 5.54. The SMILES string of the molecule is CCc1cc(CN)ccc1Nc1cc2c(cn1)ncn2C. The third-order valence-electron chi connectivity index (χ3n) is 3.66. The van der Waals surface area contributed by atoms with Gasteiger partial charge in [0.15, 0.2) is 0 Å². The maximum atomic E-state index is 5.70. The van der Waals surface area contributed by atoms with Crippen LogP contribution in [0.1, 0.15) is 18.1 Å². The molecule has 0 fully saturated rings. The Bertz CT molecular complexity index is 775. The monoisotopic (exact) mass is 281 g/mol. The average Bonchev–Trinajstić information content (AvgIpc) is 2.89. The Kier molecular flexibility index (Phi) is 3.58. The van der Waals surface area contributed by atoms with Crippen LogP contribution < -0.4 is 11.1 Å². The molecule has 2 aromatic heterocycles. The molecule has 0 amide bonds. The molecule has 0 radical (unpaired) electrons. The van der Waals surface area contributed by atoms with Gasteiger partial charge in [-0.1, -0.05) is 19.1 Å². The topological polar surface area (TPSA) is 68.8 Å². The Hall–Kier alpha value is -2.40. The van der Waals surface area contributed by atoms with Crippen molar-refractivity contribution in [2.45, 2.75) is 19.9 Å². The van der Waals surface area contributed by atoms with Crippen LogP contribution in [0.3, 0.4) is 0 Å². The van der Waals surface area contributed by atoms with Crippen molar-refractivity contribution in [3.8, 4) is 0 Å². The Balaban J connectivity index is 1.95. The molecule has 0 spiro atoms. The van der Waals surface area contributed by atoms with Gasteiger partial charge in [0.2, 0.25) is 0 Å². The number of nitrogens with one attached hydrogen (secondary N) is 1. The van der Waals surface area contributed by atoms with Crippen LogP contribution in [0.15, 0.2) is 36.8 Å². The molecule has 3 N–H and O–H groups in total. The quantitative estimate of drug-likeness (QED) is 0.771. The van der Waals surface area contributed by atoms with Crippen molar-refractivity contribution in [2.24, 2.45) is 12.8 Å². The van der Waals surface area contributed by atoms with Crippen molar-refractivity contribution in [3.05, 3.63) is 47.9 Å². The lowest BCUT2D eigenvalue weighted by atomic mass is 10.1. The number of nitrogens with two attached hydrogens (primary N) is 1. The van der Waals surface area contributed by atoms with Gasteiger partial charge in [0, 0.05) is 25.3 Å². The van der Waals surface area contributed by atoms with E-state index in [1.165, 1.54) is 5.56 Å². The van der Waals surface area contributed by atoms with Crippen LogP contribution in [0.4, 0.5) is 11.5 Å². The first-order valence-corrected chi connectivity index (χ1v) is 7.07. The highest BCUT2D eigenvalue weighted by Gasteiger charge is 2.06. The standard InChI is InChI=1S/C16H19N5/c1-3-12-6-11(8-17)4-5-13(12)20-16-7-15-14(9-18-16)19-10-21(15)2/h4-7,9-10H,3,8,17H2,1-2H3,(H,18,20). The fourth-order valence-corrected chi connectivity index (χ4v) is 2.43. The molecule has 1 aromatic carbocycles. The van der Waals surface area contributed by atoms with Gasteiger partial charge in [-0.15, -0.1) is 0 Å². The number of anilines is 2. The molecular formula is C16H19N5. The van der Waals surface area contributed by atoms with E-state index in [2.05, 4.69) is 34.3 Å². The van der Waals surface area contributed by atoms with Gasteiger partial charge in [-0.2, -0.15) is 0 Å². The number of nitrogens with zero attached hydrogens (tertiary/aromatic N) is 3. The Morgan fingerprint density at radius 2 is 2.10 bits per heavy atom. The molecule has 21 heavy (non-hydrogen) atoms. The van der Waals surface area contributed by atoms with Crippen LogP contribution in [0.2, 0.25) is 0 Å². The molecule has 0 aliphatic rings. The molecule has 0 atom stereocenters. The molecule has 0 aliphatic heterocycles. The molecule has 0 saturated carbocycles. The van der Waals surface area contributed by atoms with Crippen molar-refractivity contribution in [3.63, 3.8) is 0 Å². The van der Waals surface area contributed by atoms with E-state index in [4.69, 9.17) is 5.73 Å². The maximum Gasteiger partial charge on any atom is 0.132 e. The van der Waals surface area contributed by atoms with E-state index in [0.717, 1.165) is 34.5 Å². The summed E-state index contributed by atoms with van der Waals surface area (Å²) in [6.07, 6.45) is 4.53. The summed E-state index contributed by atoms with van der Waals surface area (Å²) in [5.41, 5.74) is 11.1. The fraction of sp³-hybridized carbons (Fsp3) is 0.250. The minimum absolute atomic E-state index is 0.562. The van der Waals surface area contributed by atoms with Gasteiger partial charge < -0.3 is 15.6 Å². The number of aryl methyl sites for hydroxylation is 2. The third kappa shape index (κ3) is 2.60. The lowest BCUT2D eigenvalue weighted by molar-refractivity contribution is 0.947. The molecule has 2 heterocycles. The number of fused-ring (bicyclic) bond motifs is 1. The van der Waals surface area contributed by atoms with E-state index in [-0.39, 0.29) is 0 Å². The van der Waals surface area contributed by atoms with Gasteiger partial charge in [-0.3, -0.25) is 0 Å². The maximum absolute atomic E-state index is 5.70. The van der Waals surface area contributed by atoms with Crippen LogP contribution in [0.5, 0.6) is 0 Å². The zero-order valence-corrected chi connectivity index (χ0v) is 12.3. The number of imidazole rings is 1. The molecule has 3 aromatic rings. The van der Waals surface area contributed by atoms with Crippen molar-refractivity contribution in [1.82, 2.24) is 14.5 Å². The molecule has 5 heteroatoms. The van der Waals surface area contributed by atoms with Crippen LogP contribution >= 0.6 is 0 Å². The Labute approximate surface area is 123 Å². The summed E-state index contributed by atoms with van der Waals surface area (Å²) in [7, 11) is 1.98. The second-order valence-electron chi connectivity index (χ2n) is 5.09. The largest absolute Gasteiger partial charge is 0.340 e. The molecule has 0 unspecified atom stereocenters. The average molecular weight is 281 g/mol. The van der Waals surface area contributed by atoms with Gasteiger partial charge in [-0.05, 0) is 23.6 Å². The summed E-state index contributed by atoms with van der Waals surface area (Å²) in [6.45, 7) is 2.70. The van der Waals surface area contributed by atoms with Gasteiger partial charge >= 0.3 is 0 Å². The van der Waals surface area contributed by atoms with E-state index in [9.17, 15) is 0 Å². The molecule has 108 valence electrons. The summed E-state index contributed by atoms with van der Waals surface area (Å²) >= 11 is 0. The molecular weight excluding hydrogens is 262 g/mol. The fourth-order valence-electron chi connectivity index (χ4n) is 2.43. The molecule has 5 nitrogen and oxygen atoms in total. The number of hydrogen-bond acceptors (Lipinski definition) is 4. The smallest absolute Gasteiger partial charge is 0.132 e. The third-order valence-corrected chi connectivity index (χ3v) is 3.66. The summed E-state index contributed by atoms with van der Waals surface area (Å²) in [5.74, 6) is 0.821. The summed E-state index contributed by atoms with van der Waals surface area (Å²) in [4.78, 5) is 8.70. The van der Waals surface area contributed by atoms with Crippen molar-refractivity contribution < 1.29 is 0 Å². The highest BCUT2D eigenvalue weighted by Crippen LogP contribution is 2.23. The van der Waals surface area contributed by atoms with E-state index in [1.54, 1.807) is 12.5 Å². The highest BCUT2D eigenvalue weighted by molar-refractivity contribution is 5.78.